The number of carbonyl (C=O) groups is 3. The first-order valence-corrected chi connectivity index (χ1v) is 11.5. The maximum Gasteiger partial charge on any atom is 0.294 e. The third kappa shape index (κ3) is 5.01. The van der Waals surface area contributed by atoms with E-state index in [2.05, 4.69) is 5.32 Å². The Labute approximate surface area is 210 Å². The van der Waals surface area contributed by atoms with Crippen LogP contribution in [0.15, 0.2) is 57.9 Å². The van der Waals surface area contributed by atoms with Gasteiger partial charge in [0.25, 0.3) is 16.8 Å². The van der Waals surface area contributed by atoms with Crippen LogP contribution in [0.5, 0.6) is 5.75 Å². The van der Waals surface area contributed by atoms with Crippen molar-refractivity contribution in [1.29, 1.82) is 0 Å². The highest BCUT2D eigenvalue weighted by Crippen LogP contribution is 2.36. The standard InChI is InChI=1S/C25H21N3O7S/c1-14-5-4-6-19(15(14)2)26-23(29)13-27-24(30)22(36-25(27)31)12-17-8-10-20(35-17)18-9-7-16(28(32)33)11-21(18)34-3/h4-12H,13H2,1-3H3,(H,26,29)/b22-12+. The number of amides is 3. The SMILES string of the molecule is COc1cc([N+](=O)[O-])ccc1-c1ccc(/C=C2/SC(=O)N(CC(=O)Nc3cccc(C)c3C)C2=O)o1. The first-order valence-electron chi connectivity index (χ1n) is 10.7. The van der Waals surface area contributed by atoms with Gasteiger partial charge in [0.2, 0.25) is 5.91 Å². The molecule has 0 bridgehead atoms. The number of nitrogens with zero attached hydrogens (tertiary/aromatic N) is 2. The van der Waals surface area contributed by atoms with E-state index >= 15 is 0 Å². The molecule has 1 aromatic heterocycles. The third-order valence-electron chi connectivity index (χ3n) is 5.62. The molecule has 0 saturated carbocycles. The molecule has 0 aliphatic carbocycles. The Kier molecular flexibility index (Phi) is 6.93. The smallest absolute Gasteiger partial charge is 0.294 e. The van der Waals surface area contributed by atoms with E-state index in [0.29, 0.717) is 28.8 Å². The Balaban J connectivity index is 1.49. The molecule has 10 nitrogen and oxygen atoms in total. The number of thioether (sulfide) groups is 1. The van der Waals surface area contributed by atoms with Crippen LogP contribution in [0.25, 0.3) is 17.4 Å². The molecule has 36 heavy (non-hydrogen) atoms. The Morgan fingerprint density at radius 1 is 1.19 bits per heavy atom. The van der Waals surface area contributed by atoms with Crippen LogP contribution in [0.4, 0.5) is 16.2 Å². The fourth-order valence-corrected chi connectivity index (χ4v) is 4.38. The zero-order valence-corrected chi connectivity index (χ0v) is 20.4. The van der Waals surface area contributed by atoms with E-state index in [4.69, 9.17) is 9.15 Å². The number of furan rings is 1. The van der Waals surface area contributed by atoms with Crippen LogP contribution >= 0.6 is 11.8 Å². The van der Waals surface area contributed by atoms with Gasteiger partial charge in [-0.25, -0.2) is 0 Å². The van der Waals surface area contributed by atoms with Crippen LogP contribution in [0, 0.1) is 24.0 Å². The maximum atomic E-state index is 12.8. The first-order chi connectivity index (χ1) is 17.2. The fraction of sp³-hybridized carbons (Fsp3) is 0.160. The quantitative estimate of drug-likeness (QED) is 0.264. The topological polar surface area (TPSA) is 132 Å². The summed E-state index contributed by atoms with van der Waals surface area (Å²) in [5, 5.41) is 13.2. The van der Waals surface area contributed by atoms with Gasteiger partial charge in [-0.3, -0.25) is 29.4 Å². The van der Waals surface area contributed by atoms with Crippen molar-refractivity contribution in [2.45, 2.75) is 13.8 Å². The van der Waals surface area contributed by atoms with E-state index < -0.39 is 28.5 Å². The molecule has 1 fully saturated rings. The lowest BCUT2D eigenvalue weighted by atomic mass is 10.1. The molecule has 0 spiro atoms. The highest BCUT2D eigenvalue weighted by Gasteiger charge is 2.36. The van der Waals surface area contributed by atoms with Crippen LogP contribution in [0.2, 0.25) is 0 Å². The molecule has 0 radical (unpaired) electrons. The summed E-state index contributed by atoms with van der Waals surface area (Å²) in [5.74, 6) is -0.194. The summed E-state index contributed by atoms with van der Waals surface area (Å²) in [6, 6.07) is 12.8. The van der Waals surface area contributed by atoms with E-state index in [-0.39, 0.29) is 22.1 Å². The Bertz CT molecular complexity index is 1430. The molecule has 1 saturated heterocycles. The predicted molar refractivity (Wildman–Crippen MR) is 135 cm³/mol. The van der Waals surface area contributed by atoms with E-state index in [1.165, 1.54) is 31.4 Å². The van der Waals surface area contributed by atoms with E-state index in [1.54, 1.807) is 18.2 Å². The summed E-state index contributed by atoms with van der Waals surface area (Å²) in [4.78, 5) is 49.2. The van der Waals surface area contributed by atoms with Crippen molar-refractivity contribution in [3.8, 4) is 17.1 Å². The normalized spacial score (nSPS) is 14.4. The number of non-ortho nitro benzene ring substituents is 1. The van der Waals surface area contributed by atoms with E-state index in [1.807, 2.05) is 26.0 Å². The number of imide groups is 1. The summed E-state index contributed by atoms with van der Waals surface area (Å²) >= 11 is 0.707. The van der Waals surface area contributed by atoms with Gasteiger partial charge in [-0.1, -0.05) is 12.1 Å². The number of ether oxygens (including phenoxy) is 1. The van der Waals surface area contributed by atoms with Gasteiger partial charge < -0.3 is 14.5 Å². The molecule has 0 atom stereocenters. The molecule has 3 aromatic rings. The largest absolute Gasteiger partial charge is 0.496 e. The lowest BCUT2D eigenvalue weighted by molar-refractivity contribution is -0.384. The molecule has 1 aliphatic rings. The predicted octanol–water partition coefficient (Wildman–Crippen LogP) is 5.16. The zero-order valence-electron chi connectivity index (χ0n) is 19.6. The van der Waals surface area contributed by atoms with Crippen LogP contribution in [-0.2, 0) is 9.59 Å². The van der Waals surface area contributed by atoms with Gasteiger partial charge in [0.15, 0.2) is 0 Å². The Morgan fingerprint density at radius 2 is 1.97 bits per heavy atom. The van der Waals surface area contributed by atoms with Crippen molar-refractivity contribution in [3.05, 3.63) is 80.4 Å². The second-order valence-electron chi connectivity index (χ2n) is 7.91. The number of benzene rings is 2. The van der Waals surface area contributed by atoms with Crippen LogP contribution in [-0.4, -0.2) is 40.5 Å². The van der Waals surface area contributed by atoms with Crippen molar-refractivity contribution in [1.82, 2.24) is 4.90 Å². The third-order valence-corrected chi connectivity index (χ3v) is 6.52. The van der Waals surface area contributed by atoms with Crippen molar-refractivity contribution < 1.29 is 28.5 Å². The summed E-state index contributed by atoms with van der Waals surface area (Å²) in [6.07, 6.45) is 1.41. The average Bonchev–Trinajstić information content (AvgIpc) is 3.41. The molecule has 0 unspecified atom stereocenters. The molecule has 184 valence electrons. The lowest BCUT2D eigenvalue weighted by Gasteiger charge is -2.14. The van der Waals surface area contributed by atoms with Gasteiger partial charge in [0.05, 0.1) is 28.6 Å². The molecule has 11 heteroatoms. The van der Waals surface area contributed by atoms with Gasteiger partial charge in [-0.15, -0.1) is 0 Å². The first kappa shape index (κ1) is 24.7. The second-order valence-corrected chi connectivity index (χ2v) is 8.90. The van der Waals surface area contributed by atoms with Crippen LogP contribution in [0.3, 0.4) is 0 Å². The molecule has 3 amide bonds. The van der Waals surface area contributed by atoms with Crippen molar-refractivity contribution in [2.75, 3.05) is 19.0 Å². The summed E-state index contributed by atoms with van der Waals surface area (Å²) in [7, 11) is 1.39. The number of carbonyl (C=O) groups excluding carboxylic acids is 3. The minimum absolute atomic E-state index is 0.108. The average molecular weight is 508 g/mol. The number of hydrogen-bond donors (Lipinski definition) is 1. The minimum Gasteiger partial charge on any atom is -0.496 e. The fourth-order valence-electron chi connectivity index (χ4n) is 3.56. The van der Waals surface area contributed by atoms with Crippen molar-refractivity contribution in [2.24, 2.45) is 0 Å². The number of nitro groups is 1. The zero-order chi connectivity index (χ0) is 26.0. The van der Waals surface area contributed by atoms with Crippen molar-refractivity contribution in [3.63, 3.8) is 0 Å². The van der Waals surface area contributed by atoms with Gasteiger partial charge in [0, 0.05) is 17.8 Å². The Morgan fingerprint density at radius 3 is 2.69 bits per heavy atom. The molecule has 1 N–H and O–H groups in total. The molecular weight excluding hydrogens is 486 g/mol. The molecule has 2 heterocycles. The second kappa shape index (κ2) is 10.1. The number of rotatable bonds is 7. The monoisotopic (exact) mass is 507 g/mol. The van der Waals surface area contributed by atoms with Crippen LogP contribution in [0.1, 0.15) is 16.9 Å². The number of aryl methyl sites for hydroxylation is 1. The summed E-state index contributed by atoms with van der Waals surface area (Å²) < 4.78 is 11.0. The van der Waals surface area contributed by atoms with E-state index in [0.717, 1.165) is 16.0 Å². The minimum atomic E-state index is -0.605. The number of nitrogens with one attached hydrogen (secondary N) is 1. The van der Waals surface area contributed by atoms with Crippen LogP contribution < -0.4 is 10.1 Å². The molecule has 4 rings (SSSR count). The van der Waals surface area contributed by atoms with Gasteiger partial charge >= 0.3 is 0 Å². The number of anilines is 1. The molecule has 2 aromatic carbocycles. The lowest BCUT2D eigenvalue weighted by Crippen LogP contribution is -2.36. The summed E-state index contributed by atoms with van der Waals surface area (Å²) in [5.41, 5.74) is 2.88. The highest BCUT2D eigenvalue weighted by atomic mass is 32.2. The van der Waals surface area contributed by atoms with Crippen molar-refractivity contribution >= 4 is 46.3 Å². The number of hydrogen-bond acceptors (Lipinski definition) is 8. The number of methoxy groups -OCH3 is 1. The molecular formula is C25H21N3O7S. The van der Waals surface area contributed by atoms with Gasteiger partial charge in [-0.05, 0) is 61.0 Å². The molecule has 1 aliphatic heterocycles. The van der Waals surface area contributed by atoms with E-state index in [9.17, 15) is 24.5 Å². The Hall–Kier alpha value is -4.38. The highest BCUT2D eigenvalue weighted by molar-refractivity contribution is 8.18. The summed E-state index contributed by atoms with van der Waals surface area (Å²) in [6.45, 7) is 3.38. The van der Waals surface area contributed by atoms with Gasteiger partial charge in [0.1, 0.15) is 23.8 Å². The maximum absolute atomic E-state index is 12.8. The number of nitro benzene ring substituents is 1. The van der Waals surface area contributed by atoms with Gasteiger partial charge in [-0.2, -0.15) is 0 Å².